The van der Waals surface area contributed by atoms with Gasteiger partial charge in [0.15, 0.2) is 5.79 Å². The second-order valence-corrected chi connectivity index (χ2v) is 7.13. The summed E-state index contributed by atoms with van der Waals surface area (Å²) in [6.45, 7) is 4.34. The first-order chi connectivity index (χ1) is 13.1. The van der Waals surface area contributed by atoms with Gasteiger partial charge in [-0.3, -0.25) is 4.79 Å². The highest BCUT2D eigenvalue weighted by molar-refractivity contribution is 6.31. The van der Waals surface area contributed by atoms with Gasteiger partial charge in [0.25, 0.3) is 5.91 Å². The number of nitrogens with one attached hydrogen (secondary N) is 1. The van der Waals surface area contributed by atoms with Crippen molar-refractivity contribution in [3.05, 3.63) is 46.9 Å². The molecule has 2 saturated heterocycles. The Morgan fingerprint density at radius 3 is 2.70 bits per heavy atom. The second kappa shape index (κ2) is 7.42. The molecule has 0 radical (unpaired) electrons. The zero-order valence-corrected chi connectivity index (χ0v) is 15.8. The molecule has 3 heterocycles. The fourth-order valence-electron chi connectivity index (χ4n) is 3.42. The van der Waals surface area contributed by atoms with Crippen LogP contribution in [-0.4, -0.2) is 52.9 Å². The first kappa shape index (κ1) is 18.2. The standard InChI is InChI=1S/C19H21ClN4O3/c1-13-14(20)3-2-4-15(13)23-17-11-16(21-12-22-17)18(25)24-7-5-19(6-8-24)26-9-10-27-19/h2-4,11-12H,5-10H2,1H3,(H,21,22,23). The van der Waals surface area contributed by atoms with Crippen LogP contribution in [0.2, 0.25) is 5.02 Å². The minimum atomic E-state index is -0.501. The Balaban J connectivity index is 1.46. The van der Waals surface area contributed by atoms with Gasteiger partial charge in [0.1, 0.15) is 17.8 Å². The number of anilines is 2. The van der Waals surface area contributed by atoms with Crippen molar-refractivity contribution in [2.24, 2.45) is 0 Å². The molecular formula is C19H21ClN4O3. The van der Waals surface area contributed by atoms with Crippen molar-refractivity contribution < 1.29 is 14.3 Å². The Kier molecular flexibility index (Phi) is 4.99. The van der Waals surface area contributed by atoms with Crippen molar-refractivity contribution >= 4 is 29.0 Å². The molecule has 27 heavy (non-hydrogen) atoms. The lowest BCUT2D eigenvalue weighted by molar-refractivity contribution is -0.181. The van der Waals surface area contributed by atoms with E-state index in [-0.39, 0.29) is 5.91 Å². The number of carbonyl (C=O) groups excluding carboxylic acids is 1. The number of nitrogens with zero attached hydrogens (tertiary/aromatic N) is 3. The van der Waals surface area contributed by atoms with E-state index in [0.29, 0.717) is 55.7 Å². The SMILES string of the molecule is Cc1c(Cl)cccc1Nc1cc(C(=O)N2CCC3(CC2)OCCO3)ncn1. The maximum absolute atomic E-state index is 12.8. The highest BCUT2D eigenvalue weighted by Crippen LogP contribution is 2.32. The molecule has 4 rings (SSSR count). The average Bonchev–Trinajstić information content (AvgIpc) is 3.14. The number of rotatable bonds is 3. The van der Waals surface area contributed by atoms with Crippen molar-refractivity contribution in [1.82, 2.24) is 14.9 Å². The van der Waals surface area contributed by atoms with Gasteiger partial charge in [0, 0.05) is 42.7 Å². The van der Waals surface area contributed by atoms with Crippen molar-refractivity contribution in [1.29, 1.82) is 0 Å². The molecule has 7 nitrogen and oxygen atoms in total. The monoisotopic (exact) mass is 388 g/mol. The molecular weight excluding hydrogens is 368 g/mol. The van der Waals surface area contributed by atoms with Crippen LogP contribution in [0.15, 0.2) is 30.6 Å². The Labute approximate surface area is 162 Å². The van der Waals surface area contributed by atoms with Gasteiger partial charge >= 0.3 is 0 Å². The Bertz CT molecular complexity index is 845. The largest absolute Gasteiger partial charge is 0.347 e. The fourth-order valence-corrected chi connectivity index (χ4v) is 3.60. The highest BCUT2D eigenvalue weighted by atomic mass is 35.5. The number of ether oxygens (including phenoxy) is 2. The average molecular weight is 389 g/mol. The molecule has 0 saturated carbocycles. The van der Waals surface area contributed by atoms with Gasteiger partial charge in [-0.15, -0.1) is 0 Å². The van der Waals surface area contributed by atoms with E-state index in [0.717, 1.165) is 11.3 Å². The number of piperidine rings is 1. The van der Waals surface area contributed by atoms with Crippen molar-refractivity contribution in [2.45, 2.75) is 25.6 Å². The molecule has 0 bridgehead atoms. The molecule has 0 unspecified atom stereocenters. The smallest absolute Gasteiger partial charge is 0.272 e. The molecule has 2 fully saturated rings. The molecule has 2 aromatic rings. The molecule has 0 aliphatic carbocycles. The molecule has 1 aromatic carbocycles. The van der Waals surface area contributed by atoms with E-state index in [4.69, 9.17) is 21.1 Å². The zero-order chi connectivity index (χ0) is 18.9. The maximum Gasteiger partial charge on any atom is 0.272 e. The lowest BCUT2D eigenvalue weighted by Crippen LogP contribution is -2.47. The first-order valence-electron chi connectivity index (χ1n) is 8.98. The first-order valence-corrected chi connectivity index (χ1v) is 9.35. The van der Waals surface area contributed by atoms with Crippen LogP contribution in [0, 0.1) is 6.92 Å². The molecule has 142 valence electrons. The van der Waals surface area contributed by atoms with Crippen molar-refractivity contribution in [3.63, 3.8) is 0 Å². The number of hydrogen-bond donors (Lipinski definition) is 1. The van der Waals surface area contributed by atoms with Gasteiger partial charge in [0.05, 0.1) is 13.2 Å². The van der Waals surface area contributed by atoms with Crippen LogP contribution in [0.1, 0.15) is 28.9 Å². The van der Waals surface area contributed by atoms with Gasteiger partial charge in [-0.25, -0.2) is 9.97 Å². The summed E-state index contributed by atoms with van der Waals surface area (Å²) in [5.41, 5.74) is 2.12. The third-order valence-electron chi connectivity index (χ3n) is 5.04. The van der Waals surface area contributed by atoms with Crippen molar-refractivity contribution in [2.75, 3.05) is 31.6 Å². The van der Waals surface area contributed by atoms with Gasteiger partial charge in [0.2, 0.25) is 0 Å². The topological polar surface area (TPSA) is 76.6 Å². The molecule has 8 heteroatoms. The summed E-state index contributed by atoms with van der Waals surface area (Å²) in [6, 6.07) is 7.27. The Hall–Kier alpha value is -2.22. The molecule has 1 amide bonds. The quantitative estimate of drug-likeness (QED) is 0.870. The molecule has 2 aliphatic heterocycles. The number of amides is 1. The van der Waals surface area contributed by atoms with Gasteiger partial charge in [-0.2, -0.15) is 0 Å². The predicted octanol–water partition coefficient (Wildman–Crippen LogP) is 3.16. The maximum atomic E-state index is 12.8. The van der Waals surface area contributed by atoms with E-state index in [1.807, 2.05) is 25.1 Å². The van der Waals surface area contributed by atoms with Crippen molar-refractivity contribution in [3.8, 4) is 0 Å². The van der Waals surface area contributed by atoms with E-state index < -0.39 is 5.79 Å². The molecule has 2 aliphatic rings. The van der Waals surface area contributed by atoms with Crippen LogP contribution in [0.3, 0.4) is 0 Å². The van der Waals surface area contributed by atoms with Crippen LogP contribution in [0.4, 0.5) is 11.5 Å². The number of aromatic nitrogens is 2. The number of hydrogen-bond acceptors (Lipinski definition) is 6. The molecule has 1 spiro atoms. The zero-order valence-electron chi connectivity index (χ0n) is 15.1. The lowest BCUT2D eigenvalue weighted by atomic mass is 10.0. The lowest BCUT2D eigenvalue weighted by Gasteiger charge is -2.37. The van der Waals surface area contributed by atoms with E-state index in [1.165, 1.54) is 6.33 Å². The second-order valence-electron chi connectivity index (χ2n) is 6.73. The van der Waals surface area contributed by atoms with Crippen LogP contribution in [0.25, 0.3) is 0 Å². The molecule has 1 aromatic heterocycles. The third kappa shape index (κ3) is 3.76. The summed E-state index contributed by atoms with van der Waals surface area (Å²) in [4.78, 5) is 23.0. The normalized spacial score (nSPS) is 18.7. The van der Waals surface area contributed by atoms with E-state index >= 15 is 0 Å². The van der Waals surface area contributed by atoms with Crippen LogP contribution in [-0.2, 0) is 9.47 Å². The van der Waals surface area contributed by atoms with Crippen LogP contribution < -0.4 is 5.32 Å². The van der Waals surface area contributed by atoms with Gasteiger partial charge < -0.3 is 19.7 Å². The van der Waals surface area contributed by atoms with E-state index in [2.05, 4.69) is 15.3 Å². The van der Waals surface area contributed by atoms with Gasteiger partial charge in [-0.05, 0) is 24.6 Å². The van der Waals surface area contributed by atoms with Gasteiger partial charge in [-0.1, -0.05) is 17.7 Å². The summed E-state index contributed by atoms with van der Waals surface area (Å²) < 4.78 is 11.4. The number of halogens is 1. The molecule has 0 atom stereocenters. The number of benzene rings is 1. The predicted molar refractivity (Wildman–Crippen MR) is 101 cm³/mol. The van der Waals surface area contributed by atoms with E-state index in [1.54, 1.807) is 11.0 Å². The number of carbonyl (C=O) groups is 1. The van der Waals surface area contributed by atoms with Crippen LogP contribution >= 0.6 is 11.6 Å². The van der Waals surface area contributed by atoms with E-state index in [9.17, 15) is 4.79 Å². The van der Waals surface area contributed by atoms with Crippen LogP contribution in [0.5, 0.6) is 0 Å². The Morgan fingerprint density at radius 1 is 1.22 bits per heavy atom. The third-order valence-corrected chi connectivity index (χ3v) is 5.45. The summed E-state index contributed by atoms with van der Waals surface area (Å²) in [5, 5.41) is 3.87. The minimum Gasteiger partial charge on any atom is -0.347 e. The highest BCUT2D eigenvalue weighted by Gasteiger charge is 2.41. The molecule has 1 N–H and O–H groups in total. The number of likely N-dealkylation sites (tertiary alicyclic amines) is 1. The fraction of sp³-hybridized carbons (Fsp3) is 0.421. The summed E-state index contributed by atoms with van der Waals surface area (Å²) in [5.74, 6) is -0.0648. The minimum absolute atomic E-state index is 0.115. The summed E-state index contributed by atoms with van der Waals surface area (Å²) >= 11 is 6.16. The Morgan fingerprint density at radius 2 is 1.96 bits per heavy atom. The summed E-state index contributed by atoms with van der Waals surface area (Å²) in [6.07, 6.45) is 2.75. The summed E-state index contributed by atoms with van der Waals surface area (Å²) in [7, 11) is 0.